The molecule has 0 heterocycles. The van der Waals surface area contributed by atoms with E-state index in [4.69, 9.17) is 19.2 Å². The Labute approximate surface area is 189 Å². The molecule has 1 aromatic rings. The van der Waals surface area contributed by atoms with Crippen molar-refractivity contribution in [1.82, 2.24) is 10.2 Å². The van der Waals surface area contributed by atoms with Crippen LogP contribution >= 0.6 is 0 Å². The van der Waals surface area contributed by atoms with Crippen LogP contribution in [0.4, 0.5) is 5.69 Å². The number of anilines is 1. The molecule has 0 aliphatic rings. The number of hydrogen-bond donors (Lipinski definition) is 2. The Bertz CT molecular complexity index is 575. The number of rotatable bonds is 17. The number of ether oxygens (including phenoxy) is 3. The molecule has 178 valence electrons. The van der Waals surface area contributed by atoms with Crippen molar-refractivity contribution in [3.8, 4) is 5.75 Å². The molecule has 7 nitrogen and oxygen atoms in total. The van der Waals surface area contributed by atoms with Crippen LogP contribution < -0.4 is 15.4 Å². The molecule has 1 aromatic carbocycles. The fourth-order valence-corrected chi connectivity index (χ4v) is 2.97. The van der Waals surface area contributed by atoms with Gasteiger partial charge in [0.1, 0.15) is 5.75 Å². The Hall–Kier alpha value is -1.83. The largest absolute Gasteiger partial charge is 0.491 e. The minimum Gasteiger partial charge on any atom is -0.491 e. The summed E-state index contributed by atoms with van der Waals surface area (Å²) in [6, 6.07) is 7.99. The predicted molar refractivity (Wildman–Crippen MR) is 130 cm³/mol. The topological polar surface area (TPSA) is 67.4 Å². The summed E-state index contributed by atoms with van der Waals surface area (Å²) in [4.78, 5) is 7.17. The molecule has 0 aliphatic heterocycles. The third-order valence-electron chi connectivity index (χ3n) is 4.73. The zero-order chi connectivity index (χ0) is 22.7. The van der Waals surface area contributed by atoms with Crippen molar-refractivity contribution in [2.24, 2.45) is 4.99 Å². The van der Waals surface area contributed by atoms with Gasteiger partial charge in [-0.2, -0.15) is 0 Å². The zero-order valence-corrected chi connectivity index (χ0v) is 20.3. The summed E-state index contributed by atoms with van der Waals surface area (Å²) < 4.78 is 16.2. The summed E-state index contributed by atoms with van der Waals surface area (Å²) in [6.45, 7) is 15.4. The van der Waals surface area contributed by atoms with E-state index in [9.17, 15) is 0 Å². The highest BCUT2D eigenvalue weighted by molar-refractivity contribution is 5.93. The second kappa shape index (κ2) is 17.8. The lowest BCUT2D eigenvalue weighted by Crippen LogP contribution is -2.32. The van der Waals surface area contributed by atoms with Crippen molar-refractivity contribution in [2.45, 2.75) is 53.1 Å². The number of nitrogens with zero attached hydrogens (tertiary/aromatic N) is 2. The summed E-state index contributed by atoms with van der Waals surface area (Å²) in [5.74, 6) is 1.67. The minimum absolute atomic E-state index is 0.167. The second-order valence-electron chi connectivity index (χ2n) is 7.67. The van der Waals surface area contributed by atoms with E-state index in [-0.39, 0.29) is 6.10 Å². The van der Waals surface area contributed by atoms with Gasteiger partial charge in [0.25, 0.3) is 0 Å². The molecular formula is C24H44N4O3. The Morgan fingerprint density at radius 2 is 1.74 bits per heavy atom. The smallest absolute Gasteiger partial charge is 0.195 e. The summed E-state index contributed by atoms with van der Waals surface area (Å²) in [5, 5.41) is 6.87. The second-order valence-corrected chi connectivity index (χ2v) is 7.67. The lowest BCUT2D eigenvalue weighted by molar-refractivity contribution is 0.0702. The highest BCUT2D eigenvalue weighted by Gasteiger charge is 2.03. The number of nitrogens with one attached hydrogen (secondary N) is 2. The van der Waals surface area contributed by atoms with Gasteiger partial charge in [0.05, 0.1) is 19.3 Å². The van der Waals surface area contributed by atoms with Gasteiger partial charge in [-0.25, -0.2) is 0 Å². The first-order valence-corrected chi connectivity index (χ1v) is 11.7. The van der Waals surface area contributed by atoms with Gasteiger partial charge in [0.2, 0.25) is 0 Å². The van der Waals surface area contributed by atoms with Crippen molar-refractivity contribution < 1.29 is 14.2 Å². The summed E-state index contributed by atoms with van der Waals surface area (Å²) in [7, 11) is 1.68. The fraction of sp³-hybridized carbons (Fsp3) is 0.708. The summed E-state index contributed by atoms with van der Waals surface area (Å²) in [5.41, 5.74) is 0.988. The molecule has 0 saturated heterocycles. The van der Waals surface area contributed by atoms with Crippen LogP contribution in [0.25, 0.3) is 0 Å². The Morgan fingerprint density at radius 1 is 1.00 bits per heavy atom. The molecule has 0 radical (unpaired) electrons. The zero-order valence-electron chi connectivity index (χ0n) is 20.3. The van der Waals surface area contributed by atoms with E-state index >= 15 is 0 Å². The van der Waals surface area contributed by atoms with E-state index in [0.29, 0.717) is 26.4 Å². The lowest BCUT2D eigenvalue weighted by Gasteiger charge is -2.18. The van der Waals surface area contributed by atoms with E-state index in [1.54, 1.807) is 7.11 Å². The van der Waals surface area contributed by atoms with Gasteiger partial charge in [0, 0.05) is 32.5 Å². The van der Waals surface area contributed by atoms with Crippen LogP contribution in [0.2, 0.25) is 0 Å². The third-order valence-corrected chi connectivity index (χ3v) is 4.73. The van der Waals surface area contributed by atoms with Gasteiger partial charge in [-0.1, -0.05) is 13.8 Å². The first-order chi connectivity index (χ1) is 15.1. The van der Waals surface area contributed by atoms with Crippen molar-refractivity contribution >= 4 is 11.6 Å². The molecule has 0 unspecified atom stereocenters. The maximum Gasteiger partial charge on any atom is 0.195 e. The minimum atomic E-state index is 0.167. The van der Waals surface area contributed by atoms with E-state index in [0.717, 1.165) is 56.4 Å². The van der Waals surface area contributed by atoms with Gasteiger partial charge >= 0.3 is 0 Å². The van der Waals surface area contributed by atoms with Crippen LogP contribution in [0.5, 0.6) is 5.75 Å². The normalized spacial score (nSPS) is 11.9. The maximum absolute atomic E-state index is 5.72. The number of unbranched alkanes of at least 4 members (excludes halogenated alkanes) is 1. The number of benzene rings is 1. The van der Waals surface area contributed by atoms with Crippen LogP contribution in [-0.2, 0) is 9.47 Å². The average Bonchev–Trinajstić information content (AvgIpc) is 2.76. The molecule has 0 aromatic heterocycles. The van der Waals surface area contributed by atoms with Crippen LogP contribution in [0.3, 0.4) is 0 Å². The molecule has 0 saturated carbocycles. The fourth-order valence-electron chi connectivity index (χ4n) is 2.97. The molecule has 0 atom stereocenters. The molecule has 1 rings (SSSR count). The van der Waals surface area contributed by atoms with E-state index in [1.165, 1.54) is 6.42 Å². The number of hydrogen-bond acceptors (Lipinski definition) is 5. The predicted octanol–water partition coefficient (Wildman–Crippen LogP) is 4.01. The van der Waals surface area contributed by atoms with Crippen LogP contribution in [0.1, 0.15) is 47.0 Å². The van der Waals surface area contributed by atoms with E-state index in [2.05, 4.69) is 29.4 Å². The molecule has 7 heteroatoms. The first kappa shape index (κ1) is 27.2. The van der Waals surface area contributed by atoms with Gasteiger partial charge in [-0.15, -0.1) is 0 Å². The van der Waals surface area contributed by atoms with Crippen LogP contribution in [0, 0.1) is 0 Å². The number of guanidine groups is 1. The molecule has 2 N–H and O–H groups in total. The van der Waals surface area contributed by atoms with Gasteiger partial charge < -0.3 is 29.7 Å². The van der Waals surface area contributed by atoms with Crippen molar-refractivity contribution in [2.75, 3.05) is 65.0 Å². The first-order valence-electron chi connectivity index (χ1n) is 11.7. The number of methoxy groups -OCH3 is 1. The summed E-state index contributed by atoms with van der Waals surface area (Å²) >= 11 is 0. The van der Waals surface area contributed by atoms with Crippen molar-refractivity contribution in [3.63, 3.8) is 0 Å². The number of aliphatic imine (C=N–C) groups is 1. The van der Waals surface area contributed by atoms with Crippen molar-refractivity contribution in [3.05, 3.63) is 24.3 Å². The average molecular weight is 437 g/mol. The quantitative estimate of drug-likeness (QED) is 0.219. The summed E-state index contributed by atoms with van der Waals surface area (Å²) in [6.07, 6.45) is 3.33. The van der Waals surface area contributed by atoms with E-state index < -0.39 is 0 Å². The highest BCUT2D eigenvalue weighted by Crippen LogP contribution is 2.16. The molecule has 0 amide bonds. The molecule has 0 bridgehead atoms. The van der Waals surface area contributed by atoms with Crippen LogP contribution in [-0.4, -0.2) is 76.6 Å². The third kappa shape index (κ3) is 14.0. The highest BCUT2D eigenvalue weighted by atomic mass is 16.5. The van der Waals surface area contributed by atoms with Crippen LogP contribution in [0.15, 0.2) is 29.3 Å². The molecular weight excluding hydrogens is 392 g/mol. The van der Waals surface area contributed by atoms with Gasteiger partial charge in [0.15, 0.2) is 5.96 Å². The molecule has 0 spiro atoms. The van der Waals surface area contributed by atoms with E-state index in [1.807, 2.05) is 38.1 Å². The van der Waals surface area contributed by atoms with Gasteiger partial charge in [-0.05, 0) is 77.0 Å². The SMILES string of the molecule is CCN(CC)CCCCNC(=NCCCOCCOC)Nc1ccc(OC(C)C)cc1. The van der Waals surface area contributed by atoms with Gasteiger partial charge in [-0.3, -0.25) is 4.99 Å². The Kier molecular flexibility index (Phi) is 15.6. The standard InChI is InChI=1S/C24H44N4O3/c1-6-28(7-2)17-9-8-15-25-24(26-16-10-18-30-20-19-29-5)27-22-11-13-23(14-12-22)31-21(3)4/h11-14,21H,6-10,15-20H2,1-5H3,(H2,25,26,27). The molecule has 31 heavy (non-hydrogen) atoms. The monoisotopic (exact) mass is 436 g/mol. The van der Waals surface area contributed by atoms with Crippen molar-refractivity contribution in [1.29, 1.82) is 0 Å². The Balaban J connectivity index is 2.51. The molecule has 0 aliphatic carbocycles. The lowest BCUT2D eigenvalue weighted by atomic mass is 10.3. The maximum atomic E-state index is 5.72. The Morgan fingerprint density at radius 3 is 2.39 bits per heavy atom. The molecule has 0 fully saturated rings.